The Bertz CT molecular complexity index is 498. The number of hydrogen-bond donors (Lipinski definition) is 1. The van der Waals surface area contributed by atoms with Crippen molar-refractivity contribution in [3.63, 3.8) is 0 Å². The van der Waals surface area contributed by atoms with Crippen molar-refractivity contribution < 1.29 is 14.2 Å². The number of hydrogen-bond acceptors (Lipinski definition) is 3. The van der Waals surface area contributed by atoms with Crippen LogP contribution in [-0.4, -0.2) is 21.5 Å². The molecule has 0 radical (unpaired) electrons. The van der Waals surface area contributed by atoms with Crippen molar-refractivity contribution in [2.75, 3.05) is 6.61 Å². The van der Waals surface area contributed by atoms with E-state index in [0.29, 0.717) is 18.7 Å². The van der Waals surface area contributed by atoms with Crippen LogP contribution in [0.5, 0.6) is 5.75 Å². The van der Waals surface area contributed by atoms with Gasteiger partial charge in [-0.1, -0.05) is 6.07 Å². The molecule has 0 amide bonds. The fourth-order valence-corrected chi connectivity index (χ4v) is 1.58. The number of nitrogens with zero attached hydrogens (tertiary/aromatic N) is 2. The molecule has 1 N–H and O–H groups in total. The van der Waals surface area contributed by atoms with E-state index in [-0.39, 0.29) is 5.75 Å². The van der Waals surface area contributed by atoms with Gasteiger partial charge in [-0.15, -0.1) is 0 Å². The first kappa shape index (κ1) is 12.6. The number of halogens is 1. The van der Waals surface area contributed by atoms with Gasteiger partial charge in [0.15, 0.2) is 11.6 Å². The number of aromatic nitrogens is 2. The topological polar surface area (TPSA) is 47.3 Å². The highest BCUT2D eigenvalue weighted by molar-refractivity contribution is 5.30. The minimum absolute atomic E-state index is 0.187. The second-order valence-corrected chi connectivity index (χ2v) is 3.98. The van der Waals surface area contributed by atoms with E-state index in [0.717, 1.165) is 0 Å². The molecular weight excluding hydrogens is 235 g/mol. The Morgan fingerprint density at radius 3 is 2.94 bits per heavy atom. The first-order valence-electron chi connectivity index (χ1n) is 5.74. The molecule has 1 atom stereocenters. The molecule has 0 unspecified atom stereocenters. The van der Waals surface area contributed by atoms with E-state index in [2.05, 4.69) is 5.10 Å². The minimum Gasteiger partial charge on any atom is -0.489 e. The van der Waals surface area contributed by atoms with Gasteiger partial charge in [-0.2, -0.15) is 5.10 Å². The molecule has 2 aromatic rings. The molecule has 1 aromatic heterocycles. The van der Waals surface area contributed by atoms with Gasteiger partial charge in [0.1, 0.15) is 6.61 Å². The molecular formula is C13H15FN2O2. The smallest absolute Gasteiger partial charge is 0.165 e. The van der Waals surface area contributed by atoms with E-state index in [1.807, 2.05) is 12.3 Å². The van der Waals surface area contributed by atoms with Gasteiger partial charge in [-0.3, -0.25) is 4.68 Å². The maximum absolute atomic E-state index is 13.6. The van der Waals surface area contributed by atoms with Crippen molar-refractivity contribution in [3.05, 3.63) is 48.0 Å². The molecule has 0 fully saturated rings. The fraction of sp³-hybridized carbons (Fsp3) is 0.308. The average molecular weight is 250 g/mol. The average Bonchev–Trinajstić information content (AvgIpc) is 2.84. The van der Waals surface area contributed by atoms with Crippen LogP contribution in [0.25, 0.3) is 0 Å². The van der Waals surface area contributed by atoms with Crippen LogP contribution in [-0.2, 0) is 6.54 Å². The fourth-order valence-electron chi connectivity index (χ4n) is 1.58. The predicted octanol–water partition coefficient (Wildman–Crippen LogP) is 2.15. The molecule has 0 saturated heterocycles. The Balaban J connectivity index is 1.93. The zero-order valence-electron chi connectivity index (χ0n) is 10.1. The summed E-state index contributed by atoms with van der Waals surface area (Å²) in [6, 6.07) is 6.28. The van der Waals surface area contributed by atoms with Gasteiger partial charge < -0.3 is 9.84 Å². The highest BCUT2D eigenvalue weighted by Crippen LogP contribution is 2.21. The highest BCUT2D eigenvalue weighted by atomic mass is 19.1. The van der Waals surface area contributed by atoms with Crippen molar-refractivity contribution in [2.45, 2.75) is 19.6 Å². The summed E-state index contributed by atoms with van der Waals surface area (Å²) in [6.07, 6.45) is 2.81. The van der Waals surface area contributed by atoms with Crippen LogP contribution >= 0.6 is 0 Å². The van der Waals surface area contributed by atoms with Gasteiger partial charge in [-0.05, 0) is 30.7 Å². The van der Waals surface area contributed by atoms with Crippen molar-refractivity contribution in [1.29, 1.82) is 0 Å². The summed E-state index contributed by atoms with van der Waals surface area (Å²) in [5.41, 5.74) is 0.534. The van der Waals surface area contributed by atoms with Crippen LogP contribution in [0.15, 0.2) is 36.7 Å². The zero-order chi connectivity index (χ0) is 13.0. The Morgan fingerprint density at radius 2 is 2.33 bits per heavy atom. The standard InChI is InChI=1S/C13H15FN2O2/c1-10(17)11-3-4-13(12(14)9-11)18-8-7-16-6-2-5-15-16/h2-6,9-10,17H,7-8H2,1H3/t10-/m0/s1. The van der Waals surface area contributed by atoms with E-state index in [1.165, 1.54) is 12.1 Å². The second-order valence-electron chi connectivity index (χ2n) is 3.98. The predicted molar refractivity (Wildman–Crippen MR) is 64.8 cm³/mol. The monoisotopic (exact) mass is 250 g/mol. The van der Waals surface area contributed by atoms with Crippen molar-refractivity contribution in [2.24, 2.45) is 0 Å². The number of benzene rings is 1. The van der Waals surface area contributed by atoms with Crippen molar-refractivity contribution in [3.8, 4) is 5.75 Å². The Morgan fingerprint density at radius 1 is 1.50 bits per heavy atom. The quantitative estimate of drug-likeness (QED) is 0.884. The number of ether oxygens (including phenoxy) is 1. The van der Waals surface area contributed by atoms with Gasteiger partial charge >= 0.3 is 0 Å². The van der Waals surface area contributed by atoms with Gasteiger partial charge in [-0.25, -0.2) is 4.39 Å². The zero-order valence-corrected chi connectivity index (χ0v) is 10.1. The van der Waals surface area contributed by atoms with Gasteiger partial charge in [0, 0.05) is 12.4 Å². The molecule has 4 nitrogen and oxygen atoms in total. The maximum atomic E-state index is 13.6. The third-order valence-electron chi connectivity index (χ3n) is 2.58. The Labute approximate surface area is 105 Å². The summed E-state index contributed by atoms with van der Waals surface area (Å²) in [6.45, 7) is 2.49. The normalized spacial score (nSPS) is 12.4. The van der Waals surface area contributed by atoms with E-state index in [4.69, 9.17) is 4.74 Å². The van der Waals surface area contributed by atoms with Crippen LogP contribution < -0.4 is 4.74 Å². The van der Waals surface area contributed by atoms with Gasteiger partial charge in [0.2, 0.25) is 0 Å². The lowest BCUT2D eigenvalue weighted by Gasteiger charge is -2.10. The molecule has 0 spiro atoms. The molecule has 2 rings (SSSR count). The summed E-state index contributed by atoms with van der Waals surface area (Å²) >= 11 is 0. The summed E-state index contributed by atoms with van der Waals surface area (Å²) < 4.78 is 20.7. The van der Waals surface area contributed by atoms with Crippen molar-refractivity contribution >= 4 is 0 Å². The molecule has 1 aromatic carbocycles. The lowest BCUT2D eigenvalue weighted by atomic mass is 10.1. The summed E-state index contributed by atoms with van der Waals surface area (Å²) in [5.74, 6) is -0.277. The van der Waals surface area contributed by atoms with Crippen LogP contribution in [0.2, 0.25) is 0 Å². The molecule has 0 aliphatic carbocycles. The first-order chi connectivity index (χ1) is 8.66. The minimum atomic E-state index is -0.683. The number of rotatable bonds is 5. The van der Waals surface area contributed by atoms with E-state index < -0.39 is 11.9 Å². The first-order valence-corrected chi connectivity index (χ1v) is 5.74. The SMILES string of the molecule is C[C@H](O)c1ccc(OCCn2cccn2)c(F)c1. The Hall–Kier alpha value is -1.88. The summed E-state index contributed by atoms with van der Waals surface area (Å²) in [4.78, 5) is 0. The molecule has 18 heavy (non-hydrogen) atoms. The van der Waals surface area contributed by atoms with Crippen LogP contribution in [0.3, 0.4) is 0 Å². The van der Waals surface area contributed by atoms with Gasteiger partial charge in [0.25, 0.3) is 0 Å². The lowest BCUT2D eigenvalue weighted by molar-refractivity contribution is 0.198. The van der Waals surface area contributed by atoms with E-state index in [1.54, 1.807) is 23.9 Å². The molecule has 96 valence electrons. The molecule has 0 bridgehead atoms. The number of aliphatic hydroxyl groups is 1. The molecule has 0 aliphatic rings. The maximum Gasteiger partial charge on any atom is 0.165 e. The molecule has 0 saturated carbocycles. The Kier molecular flexibility index (Phi) is 3.94. The number of aliphatic hydroxyl groups excluding tert-OH is 1. The molecule has 1 heterocycles. The van der Waals surface area contributed by atoms with Crippen molar-refractivity contribution in [1.82, 2.24) is 9.78 Å². The second kappa shape index (κ2) is 5.64. The van der Waals surface area contributed by atoms with E-state index in [9.17, 15) is 9.50 Å². The van der Waals surface area contributed by atoms with E-state index >= 15 is 0 Å². The highest BCUT2D eigenvalue weighted by Gasteiger charge is 2.07. The largest absolute Gasteiger partial charge is 0.489 e. The van der Waals surface area contributed by atoms with Crippen LogP contribution in [0.4, 0.5) is 4.39 Å². The summed E-state index contributed by atoms with van der Waals surface area (Å²) in [7, 11) is 0. The molecule has 5 heteroatoms. The molecule has 0 aliphatic heterocycles. The third kappa shape index (κ3) is 3.07. The van der Waals surface area contributed by atoms with Crippen LogP contribution in [0, 0.1) is 5.82 Å². The third-order valence-corrected chi connectivity index (χ3v) is 2.58. The van der Waals surface area contributed by atoms with Gasteiger partial charge in [0.05, 0.1) is 12.6 Å². The summed E-state index contributed by atoms with van der Waals surface area (Å²) in [5, 5.41) is 13.3. The lowest BCUT2D eigenvalue weighted by Crippen LogP contribution is -2.09. The van der Waals surface area contributed by atoms with Crippen LogP contribution in [0.1, 0.15) is 18.6 Å².